The van der Waals surface area contributed by atoms with E-state index in [4.69, 9.17) is 9.47 Å². The topological polar surface area (TPSA) is 24.9 Å². The number of nitrogens with zero attached hydrogens (tertiary/aromatic N) is 2. The van der Waals surface area contributed by atoms with Crippen molar-refractivity contribution in [2.24, 2.45) is 0 Å². The molecular formula is C13H24N2O2. The monoisotopic (exact) mass is 240 g/mol. The van der Waals surface area contributed by atoms with Gasteiger partial charge in [-0.1, -0.05) is 6.08 Å². The molecule has 0 aromatic heterocycles. The summed E-state index contributed by atoms with van der Waals surface area (Å²) in [7, 11) is 1.81. The molecule has 4 nitrogen and oxygen atoms in total. The lowest BCUT2D eigenvalue weighted by atomic mass is 10.2. The summed E-state index contributed by atoms with van der Waals surface area (Å²) < 4.78 is 10.9. The van der Waals surface area contributed by atoms with Gasteiger partial charge in [-0.2, -0.15) is 0 Å². The highest BCUT2D eigenvalue weighted by molar-refractivity contribution is 4.91. The van der Waals surface area contributed by atoms with E-state index >= 15 is 0 Å². The van der Waals surface area contributed by atoms with Gasteiger partial charge in [0.2, 0.25) is 0 Å². The fourth-order valence-electron chi connectivity index (χ4n) is 2.77. The number of ether oxygens (including phenoxy) is 2. The zero-order valence-electron chi connectivity index (χ0n) is 10.8. The van der Waals surface area contributed by atoms with Crippen LogP contribution < -0.4 is 0 Å². The van der Waals surface area contributed by atoms with Crippen LogP contribution in [0.5, 0.6) is 0 Å². The Bertz CT molecular complexity index is 242. The van der Waals surface area contributed by atoms with Gasteiger partial charge in [-0.3, -0.25) is 9.80 Å². The molecule has 0 saturated carbocycles. The van der Waals surface area contributed by atoms with Crippen molar-refractivity contribution in [3.8, 4) is 0 Å². The molecule has 2 atom stereocenters. The summed E-state index contributed by atoms with van der Waals surface area (Å²) in [5.74, 6) is 0. The van der Waals surface area contributed by atoms with Gasteiger partial charge in [-0.15, -0.1) is 6.58 Å². The molecule has 2 rings (SSSR count). The molecule has 0 aliphatic carbocycles. The first-order valence-electron chi connectivity index (χ1n) is 6.51. The van der Waals surface area contributed by atoms with Crippen LogP contribution in [0, 0.1) is 0 Å². The molecule has 0 radical (unpaired) electrons. The average molecular weight is 240 g/mol. The first-order valence-corrected chi connectivity index (χ1v) is 6.51. The highest BCUT2D eigenvalue weighted by atomic mass is 16.5. The van der Waals surface area contributed by atoms with Crippen LogP contribution in [0.1, 0.15) is 6.42 Å². The summed E-state index contributed by atoms with van der Waals surface area (Å²) in [6.45, 7) is 10.9. The zero-order chi connectivity index (χ0) is 12.1. The third-order valence-corrected chi connectivity index (χ3v) is 3.76. The molecule has 0 aromatic rings. The first-order chi connectivity index (χ1) is 8.33. The molecule has 0 amide bonds. The van der Waals surface area contributed by atoms with E-state index < -0.39 is 0 Å². The summed E-state index contributed by atoms with van der Waals surface area (Å²) >= 11 is 0. The van der Waals surface area contributed by atoms with E-state index in [0.717, 1.165) is 52.4 Å². The number of hydrogen-bond donors (Lipinski definition) is 0. The second-order valence-electron chi connectivity index (χ2n) is 4.90. The quantitative estimate of drug-likeness (QED) is 0.657. The second-order valence-corrected chi connectivity index (χ2v) is 4.90. The molecule has 2 aliphatic heterocycles. The molecule has 0 spiro atoms. The Morgan fingerprint density at radius 3 is 2.82 bits per heavy atom. The smallest absolute Gasteiger partial charge is 0.0713 e. The predicted molar refractivity (Wildman–Crippen MR) is 68.2 cm³/mol. The van der Waals surface area contributed by atoms with Gasteiger partial charge in [0.05, 0.1) is 19.3 Å². The van der Waals surface area contributed by atoms with E-state index in [-0.39, 0.29) is 0 Å². The SMILES string of the molecule is C=CCN1C[C@H](OC)C[C@@H]1CN1CCOCC1. The van der Waals surface area contributed by atoms with Crippen molar-refractivity contribution in [2.75, 3.05) is 53.0 Å². The molecular weight excluding hydrogens is 216 g/mol. The first kappa shape index (κ1) is 13.0. The molecule has 2 fully saturated rings. The molecule has 2 saturated heterocycles. The Morgan fingerprint density at radius 1 is 1.41 bits per heavy atom. The van der Waals surface area contributed by atoms with Crippen LogP contribution in [0.3, 0.4) is 0 Å². The summed E-state index contributed by atoms with van der Waals surface area (Å²) in [4.78, 5) is 4.99. The van der Waals surface area contributed by atoms with Crippen molar-refractivity contribution in [3.05, 3.63) is 12.7 Å². The van der Waals surface area contributed by atoms with Crippen LogP contribution >= 0.6 is 0 Å². The average Bonchev–Trinajstić information content (AvgIpc) is 2.74. The Labute approximate surface area is 104 Å². The summed E-state index contributed by atoms with van der Waals surface area (Å²) in [5, 5.41) is 0. The van der Waals surface area contributed by atoms with Crippen molar-refractivity contribution in [1.82, 2.24) is 9.80 Å². The maximum absolute atomic E-state index is 5.49. The Kier molecular flexibility index (Phi) is 4.98. The molecule has 2 heterocycles. The minimum absolute atomic E-state index is 0.390. The van der Waals surface area contributed by atoms with Crippen LogP contribution in [0.4, 0.5) is 0 Å². The van der Waals surface area contributed by atoms with Gasteiger partial charge in [0.1, 0.15) is 0 Å². The van der Waals surface area contributed by atoms with Crippen molar-refractivity contribution in [3.63, 3.8) is 0 Å². The van der Waals surface area contributed by atoms with Crippen LogP contribution in [-0.4, -0.2) is 75.0 Å². The second kappa shape index (κ2) is 6.50. The van der Waals surface area contributed by atoms with Gasteiger partial charge in [-0.25, -0.2) is 0 Å². The predicted octanol–water partition coefficient (Wildman–Crippen LogP) is 0.594. The minimum Gasteiger partial charge on any atom is -0.380 e. The van der Waals surface area contributed by atoms with Crippen LogP contribution in [-0.2, 0) is 9.47 Å². The molecule has 4 heteroatoms. The van der Waals surface area contributed by atoms with E-state index in [2.05, 4.69) is 16.4 Å². The lowest BCUT2D eigenvalue weighted by molar-refractivity contribution is 0.0275. The molecule has 17 heavy (non-hydrogen) atoms. The molecule has 0 bridgehead atoms. The highest BCUT2D eigenvalue weighted by Gasteiger charge is 2.32. The third-order valence-electron chi connectivity index (χ3n) is 3.76. The van der Waals surface area contributed by atoms with Gasteiger partial charge in [0, 0.05) is 45.9 Å². The molecule has 0 unspecified atom stereocenters. The highest BCUT2D eigenvalue weighted by Crippen LogP contribution is 2.21. The normalized spacial score (nSPS) is 31.8. The third kappa shape index (κ3) is 3.52. The Hall–Kier alpha value is -0.420. The van der Waals surface area contributed by atoms with E-state index in [9.17, 15) is 0 Å². The van der Waals surface area contributed by atoms with Crippen molar-refractivity contribution < 1.29 is 9.47 Å². The van der Waals surface area contributed by atoms with Crippen molar-refractivity contribution in [1.29, 1.82) is 0 Å². The maximum Gasteiger partial charge on any atom is 0.0713 e. The number of hydrogen-bond acceptors (Lipinski definition) is 4. The van der Waals surface area contributed by atoms with Crippen molar-refractivity contribution in [2.45, 2.75) is 18.6 Å². The molecule has 0 N–H and O–H groups in total. The van der Waals surface area contributed by atoms with Crippen LogP contribution in [0.25, 0.3) is 0 Å². The largest absolute Gasteiger partial charge is 0.380 e. The van der Waals surface area contributed by atoms with Gasteiger partial charge in [-0.05, 0) is 6.42 Å². The lowest BCUT2D eigenvalue weighted by Gasteiger charge is -2.32. The van der Waals surface area contributed by atoms with E-state index in [1.807, 2.05) is 13.2 Å². The number of methoxy groups -OCH3 is 1. The number of likely N-dealkylation sites (tertiary alicyclic amines) is 1. The van der Waals surface area contributed by atoms with Crippen LogP contribution in [0.2, 0.25) is 0 Å². The molecule has 2 aliphatic rings. The summed E-state index contributed by atoms with van der Waals surface area (Å²) in [6, 6.07) is 0.607. The minimum atomic E-state index is 0.390. The lowest BCUT2D eigenvalue weighted by Crippen LogP contribution is -2.45. The van der Waals surface area contributed by atoms with Gasteiger partial charge in [0.25, 0.3) is 0 Å². The molecule has 0 aromatic carbocycles. The summed E-state index contributed by atoms with van der Waals surface area (Å²) in [5.41, 5.74) is 0. The van der Waals surface area contributed by atoms with E-state index in [1.165, 1.54) is 0 Å². The fourth-order valence-corrected chi connectivity index (χ4v) is 2.77. The standard InChI is InChI=1S/C13H24N2O2/c1-3-4-15-11-13(16-2)9-12(15)10-14-5-7-17-8-6-14/h3,12-13H,1,4-11H2,2H3/t12-,13-/m1/s1. The maximum atomic E-state index is 5.49. The van der Waals surface area contributed by atoms with Crippen LogP contribution in [0.15, 0.2) is 12.7 Å². The summed E-state index contributed by atoms with van der Waals surface area (Å²) in [6.07, 6.45) is 3.52. The van der Waals surface area contributed by atoms with Gasteiger partial charge in [0.15, 0.2) is 0 Å². The van der Waals surface area contributed by atoms with Crippen molar-refractivity contribution >= 4 is 0 Å². The Balaban J connectivity index is 1.85. The van der Waals surface area contributed by atoms with E-state index in [1.54, 1.807) is 0 Å². The van der Waals surface area contributed by atoms with Gasteiger partial charge < -0.3 is 9.47 Å². The number of morpholine rings is 1. The van der Waals surface area contributed by atoms with E-state index in [0.29, 0.717) is 12.1 Å². The Morgan fingerprint density at radius 2 is 2.18 bits per heavy atom. The van der Waals surface area contributed by atoms with Gasteiger partial charge >= 0.3 is 0 Å². The fraction of sp³-hybridized carbons (Fsp3) is 0.846. The number of rotatable bonds is 5. The zero-order valence-corrected chi connectivity index (χ0v) is 10.8. The molecule has 98 valence electrons.